The monoisotopic (exact) mass is 239 g/mol. The second kappa shape index (κ2) is 5.04. The average molecular weight is 239 g/mol. The van der Waals surface area contributed by atoms with Crippen LogP contribution >= 0.6 is 0 Å². The van der Waals surface area contributed by atoms with Gasteiger partial charge in [0.15, 0.2) is 0 Å². The van der Waals surface area contributed by atoms with Gasteiger partial charge < -0.3 is 15.5 Å². The first-order valence-electron chi connectivity index (χ1n) is 6.41. The number of piperazine rings is 1. The van der Waals surface area contributed by atoms with E-state index in [-0.39, 0.29) is 23.8 Å². The van der Waals surface area contributed by atoms with Crippen LogP contribution < -0.4 is 10.6 Å². The lowest BCUT2D eigenvalue weighted by atomic mass is 9.93. The van der Waals surface area contributed by atoms with Crippen LogP contribution in [-0.2, 0) is 9.59 Å². The summed E-state index contributed by atoms with van der Waals surface area (Å²) in [4.78, 5) is 25.6. The number of hydrogen-bond acceptors (Lipinski definition) is 3. The van der Waals surface area contributed by atoms with E-state index in [1.807, 2.05) is 0 Å². The second-order valence-corrected chi connectivity index (χ2v) is 5.08. The van der Waals surface area contributed by atoms with Gasteiger partial charge in [0, 0.05) is 25.7 Å². The number of amides is 2. The zero-order valence-corrected chi connectivity index (χ0v) is 10.5. The summed E-state index contributed by atoms with van der Waals surface area (Å²) < 4.78 is 0. The quantitative estimate of drug-likeness (QED) is 0.661. The number of carbonyl (C=O) groups excluding carboxylic acids is 2. The molecule has 3 unspecified atom stereocenters. The number of rotatable bonds is 1. The summed E-state index contributed by atoms with van der Waals surface area (Å²) in [7, 11) is 0. The fourth-order valence-corrected chi connectivity index (χ4v) is 2.53. The van der Waals surface area contributed by atoms with Gasteiger partial charge >= 0.3 is 0 Å². The molecule has 0 aromatic rings. The molecule has 2 aliphatic heterocycles. The maximum atomic E-state index is 12.3. The predicted octanol–water partition coefficient (Wildman–Crippen LogP) is -0.279. The molecule has 0 aromatic heterocycles. The SMILES string of the molecule is CC1CCC(C(=O)N2CCNC(=O)C2C)CN1. The van der Waals surface area contributed by atoms with Gasteiger partial charge in [0.25, 0.3) is 0 Å². The van der Waals surface area contributed by atoms with E-state index < -0.39 is 0 Å². The smallest absolute Gasteiger partial charge is 0.242 e. The first-order valence-corrected chi connectivity index (χ1v) is 6.41. The lowest BCUT2D eigenvalue weighted by Gasteiger charge is -2.37. The van der Waals surface area contributed by atoms with Crippen LogP contribution in [0.5, 0.6) is 0 Å². The Kier molecular flexibility index (Phi) is 3.66. The van der Waals surface area contributed by atoms with Crippen LogP contribution in [0.2, 0.25) is 0 Å². The first kappa shape index (κ1) is 12.4. The topological polar surface area (TPSA) is 61.4 Å². The third-order valence-electron chi connectivity index (χ3n) is 3.79. The van der Waals surface area contributed by atoms with Crippen molar-refractivity contribution in [1.82, 2.24) is 15.5 Å². The summed E-state index contributed by atoms with van der Waals surface area (Å²) in [6.45, 7) is 5.89. The van der Waals surface area contributed by atoms with Crippen LogP contribution in [-0.4, -0.2) is 48.4 Å². The molecule has 0 bridgehead atoms. The maximum absolute atomic E-state index is 12.3. The summed E-state index contributed by atoms with van der Waals surface area (Å²) in [5.41, 5.74) is 0. The van der Waals surface area contributed by atoms with E-state index in [1.165, 1.54) is 0 Å². The Bertz CT molecular complexity index is 311. The molecule has 0 radical (unpaired) electrons. The number of nitrogens with zero attached hydrogens (tertiary/aromatic N) is 1. The van der Waals surface area contributed by atoms with Crippen LogP contribution in [0.15, 0.2) is 0 Å². The van der Waals surface area contributed by atoms with Crippen LogP contribution in [0.25, 0.3) is 0 Å². The number of piperidine rings is 1. The molecule has 2 fully saturated rings. The Morgan fingerprint density at radius 2 is 2.12 bits per heavy atom. The van der Waals surface area contributed by atoms with Crippen molar-refractivity contribution in [2.24, 2.45) is 5.92 Å². The molecule has 2 aliphatic rings. The van der Waals surface area contributed by atoms with Crippen molar-refractivity contribution >= 4 is 11.8 Å². The van der Waals surface area contributed by atoms with Crippen molar-refractivity contribution in [3.63, 3.8) is 0 Å². The van der Waals surface area contributed by atoms with Gasteiger partial charge in [-0.15, -0.1) is 0 Å². The molecule has 0 aromatic carbocycles. The predicted molar refractivity (Wildman–Crippen MR) is 64.4 cm³/mol. The average Bonchev–Trinajstić information content (AvgIpc) is 2.33. The minimum Gasteiger partial charge on any atom is -0.353 e. The Morgan fingerprint density at radius 3 is 2.76 bits per heavy atom. The fourth-order valence-electron chi connectivity index (χ4n) is 2.53. The highest BCUT2D eigenvalue weighted by Crippen LogP contribution is 2.18. The third-order valence-corrected chi connectivity index (χ3v) is 3.79. The van der Waals surface area contributed by atoms with Gasteiger partial charge in [-0.1, -0.05) is 0 Å². The van der Waals surface area contributed by atoms with E-state index in [1.54, 1.807) is 11.8 Å². The molecular formula is C12H21N3O2. The van der Waals surface area contributed by atoms with Crippen LogP contribution in [0.4, 0.5) is 0 Å². The van der Waals surface area contributed by atoms with Gasteiger partial charge in [0.2, 0.25) is 11.8 Å². The fraction of sp³-hybridized carbons (Fsp3) is 0.833. The summed E-state index contributed by atoms with van der Waals surface area (Å²) >= 11 is 0. The zero-order chi connectivity index (χ0) is 12.4. The van der Waals surface area contributed by atoms with Gasteiger partial charge in [-0.25, -0.2) is 0 Å². The van der Waals surface area contributed by atoms with E-state index in [0.29, 0.717) is 19.1 Å². The Labute approximate surface area is 102 Å². The third kappa shape index (κ3) is 2.60. The van der Waals surface area contributed by atoms with Gasteiger partial charge in [-0.3, -0.25) is 9.59 Å². The van der Waals surface area contributed by atoms with Crippen LogP contribution in [0.3, 0.4) is 0 Å². The molecule has 2 amide bonds. The summed E-state index contributed by atoms with van der Waals surface area (Å²) in [6, 6.07) is 0.178. The van der Waals surface area contributed by atoms with E-state index in [9.17, 15) is 9.59 Å². The summed E-state index contributed by atoms with van der Waals surface area (Å²) in [5, 5.41) is 6.11. The Balaban J connectivity index is 1.97. The Morgan fingerprint density at radius 1 is 1.35 bits per heavy atom. The highest BCUT2D eigenvalue weighted by Gasteiger charge is 2.34. The molecule has 2 rings (SSSR count). The molecule has 17 heavy (non-hydrogen) atoms. The van der Waals surface area contributed by atoms with Crippen molar-refractivity contribution in [3.8, 4) is 0 Å². The van der Waals surface area contributed by atoms with Crippen molar-refractivity contribution in [2.45, 2.75) is 38.8 Å². The van der Waals surface area contributed by atoms with Gasteiger partial charge in [0.1, 0.15) is 6.04 Å². The molecule has 5 heteroatoms. The zero-order valence-electron chi connectivity index (χ0n) is 10.5. The molecule has 2 heterocycles. The maximum Gasteiger partial charge on any atom is 0.242 e. The Hall–Kier alpha value is -1.10. The largest absolute Gasteiger partial charge is 0.353 e. The van der Waals surface area contributed by atoms with E-state index >= 15 is 0 Å². The van der Waals surface area contributed by atoms with Crippen molar-refractivity contribution in [2.75, 3.05) is 19.6 Å². The van der Waals surface area contributed by atoms with E-state index in [2.05, 4.69) is 17.6 Å². The van der Waals surface area contributed by atoms with Gasteiger partial charge in [-0.05, 0) is 26.7 Å². The molecule has 5 nitrogen and oxygen atoms in total. The summed E-state index contributed by atoms with van der Waals surface area (Å²) in [6.07, 6.45) is 1.96. The lowest BCUT2D eigenvalue weighted by Crippen LogP contribution is -2.58. The number of carbonyl (C=O) groups is 2. The molecule has 2 saturated heterocycles. The molecule has 0 saturated carbocycles. The van der Waals surface area contributed by atoms with Crippen molar-refractivity contribution in [1.29, 1.82) is 0 Å². The van der Waals surface area contributed by atoms with E-state index in [0.717, 1.165) is 19.4 Å². The minimum atomic E-state index is -0.324. The van der Waals surface area contributed by atoms with E-state index in [4.69, 9.17) is 0 Å². The molecule has 0 aliphatic carbocycles. The normalized spacial score (nSPS) is 34.4. The number of nitrogens with one attached hydrogen (secondary N) is 2. The number of hydrogen-bond donors (Lipinski definition) is 2. The van der Waals surface area contributed by atoms with Crippen LogP contribution in [0, 0.1) is 5.92 Å². The van der Waals surface area contributed by atoms with Crippen molar-refractivity contribution in [3.05, 3.63) is 0 Å². The highest BCUT2D eigenvalue weighted by molar-refractivity contribution is 5.89. The molecule has 96 valence electrons. The lowest BCUT2D eigenvalue weighted by molar-refractivity contribution is -0.146. The molecule has 0 spiro atoms. The molecule has 3 atom stereocenters. The van der Waals surface area contributed by atoms with Gasteiger partial charge in [-0.2, -0.15) is 0 Å². The molecular weight excluding hydrogens is 218 g/mol. The first-order chi connectivity index (χ1) is 8.09. The second-order valence-electron chi connectivity index (χ2n) is 5.08. The summed E-state index contributed by atoms with van der Waals surface area (Å²) in [5.74, 6) is 0.132. The van der Waals surface area contributed by atoms with Crippen molar-refractivity contribution < 1.29 is 9.59 Å². The standard InChI is InChI=1S/C12H21N3O2/c1-8-3-4-10(7-14-8)12(17)15-6-5-13-11(16)9(15)2/h8-10,14H,3-7H2,1-2H3,(H,13,16). The molecule has 2 N–H and O–H groups in total. The van der Waals surface area contributed by atoms with Crippen LogP contribution in [0.1, 0.15) is 26.7 Å². The highest BCUT2D eigenvalue weighted by atomic mass is 16.2. The van der Waals surface area contributed by atoms with Gasteiger partial charge in [0.05, 0.1) is 5.92 Å². The minimum absolute atomic E-state index is 0.0401.